The zero-order valence-electron chi connectivity index (χ0n) is 13.2. The van der Waals surface area contributed by atoms with Crippen molar-refractivity contribution in [2.75, 3.05) is 10.6 Å². The van der Waals surface area contributed by atoms with Gasteiger partial charge >= 0.3 is 0 Å². The molecule has 0 atom stereocenters. The standard InChI is InChI=1S/C17H17N5O2/c1-2-16(23)18-12-6-5-7-13(10-12)19-17(24)11-22-15-9-4-3-8-14(15)20-21-22/h3-10H,2,11H2,1H3,(H,18,23)(H,19,24). The van der Waals surface area contributed by atoms with Gasteiger partial charge in [-0.25, -0.2) is 4.68 Å². The number of amides is 2. The summed E-state index contributed by atoms with van der Waals surface area (Å²) in [6, 6.07) is 14.5. The third kappa shape index (κ3) is 3.57. The van der Waals surface area contributed by atoms with E-state index in [1.165, 1.54) is 0 Å². The molecule has 0 aliphatic carbocycles. The Morgan fingerprint density at radius 2 is 1.71 bits per heavy atom. The second-order valence-corrected chi connectivity index (χ2v) is 5.27. The minimum atomic E-state index is -0.218. The average molecular weight is 323 g/mol. The number of benzene rings is 2. The Bertz CT molecular complexity index is 887. The summed E-state index contributed by atoms with van der Waals surface area (Å²) in [7, 11) is 0. The normalized spacial score (nSPS) is 10.5. The van der Waals surface area contributed by atoms with Gasteiger partial charge in [-0.3, -0.25) is 9.59 Å². The Kier molecular flexibility index (Phi) is 4.51. The number of para-hydroxylation sites is 1. The maximum atomic E-state index is 12.2. The Labute approximate surface area is 138 Å². The Hall–Kier alpha value is -3.22. The Morgan fingerprint density at radius 3 is 2.46 bits per heavy atom. The molecule has 0 fully saturated rings. The predicted molar refractivity (Wildman–Crippen MR) is 91.5 cm³/mol. The molecule has 0 bridgehead atoms. The van der Waals surface area contributed by atoms with Gasteiger partial charge in [0.1, 0.15) is 12.1 Å². The van der Waals surface area contributed by atoms with E-state index in [1.807, 2.05) is 24.3 Å². The Morgan fingerprint density at radius 1 is 1.00 bits per heavy atom. The number of hydrogen-bond donors (Lipinski definition) is 2. The lowest BCUT2D eigenvalue weighted by atomic mass is 10.2. The van der Waals surface area contributed by atoms with Crippen LogP contribution in [0.15, 0.2) is 48.5 Å². The number of rotatable bonds is 5. The molecule has 0 saturated heterocycles. The van der Waals surface area contributed by atoms with Crippen molar-refractivity contribution in [1.82, 2.24) is 15.0 Å². The molecule has 0 radical (unpaired) electrons. The predicted octanol–water partition coefficient (Wildman–Crippen LogP) is 2.42. The third-order valence-corrected chi connectivity index (χ3v) is 3.46. The summed E-state index contributed by atoms with van der Waals surface area (Å²) in [5.41, 5.74) is 2.80. The largest absolute Gasteiger partial charge is 0.326 e. The van der Waals surface area contributed by atoms with E-state index in [9.17, 15) is 9.59 Å². The number of hydrogen-bond acceptors (Lipinski definition) is 4. The molecule has 122 valence electrons. The summed E-state index contributed by atoms with van der Waals surface area (Å²) in [5.74, 6) is -0.294. The molecule has 0 aliphatic rings. The number of anilines is 2. The molecule has 3 aromatic rings. The van der Waals surface area contributed by atoms with Crippen LogP contribution in [0, 0.1) is 0 Å². The van der Waals surface area contributed by atoms with E-state index in [2.05, 4.69) is 20.9 Å². The maximum Gasteiger partial charge on any atom is 0.246 e. The van der Waals surface area contributed by atoms with Gasteiger partial charge in [0, 0.05) is 17.8 Å². The van der Waals surface area contributed by atoms with Crippen LogP contribution in [0.4, 0.5) is 11.4 Å². The number of carbonyl (C=O) groups is 2. The maximum absolute atomic E-state index is 12.2. The quantitative estimate of drug-likeness (QED) is 0.754. The van der Waals surface area contributed by atoms with Gasteiger partial charge in [0.25, 0.3) is 0 Å². The SMILES string of the molecule is CCC(=O)Nc1cccc(NC(=O)Cn2nnc3ccccc32)c1. The van der Waals surface area contributed by atoms with Crippen molar-refractivity contribution in [3.63, 3.8) is 0 Å². The summed E-state index contributed by atoms with van der Waals surface area (Å²) in [4.78, 5) is 23.7. The van der Waals surface area contributed by atoms with Gasteiger partial charge in [-0.15, -0.1) is 5.10 Å². The summed E-state index contributed by atoms with van der Waals surface area (Å²) in [5, 5.41) is 13.6. The highest BCUT2D eigenvalue weighted by Crippen LogP contribution is 2.16. The fraction of sp³-hybridized carbons (Fsp3) is 0.176. The first-order valence-electron chi connectivity index (χ1n) is 7.63. The fourth-order valence-corrected chi connectivity index (χ4v) is 2.29. The van der Waals surface area contributed by atoms with Crippen molar-refractivity contribution in [3.8, 4) is 0 Å². The first-order chi connectivity index (χ1) is 11.7. The van der Waals surface area contributed by atoms with E-state index < -0.39 is 0 Å². The molecular weight excluding hydrogens is 306 g/mol. The van der Waals surface area contributed by atoms with Crippen LogP contribution >= 0.6 is 0 Å². The Balaban J connectivity index is 1.68. The van der Waals surface area contributed by atoms with E-state index >= 15 is 0 Å². The molecule has 7 nitrogen and oxygen atoms in total. The van der Waals surface area contributed by atoms with Crippen molar-refractivity contribution < 1.29 is 9.59 Å². The lowest BCUT2D eigenvalue weighted by Crippen LogP contribution is -2.19. The molecule has 0 unspecified atom stereocenters. The van der Waals surface area contributed by atoms with Crippen LogP contribution in [-0.4, -0.2) is 26.8 Å². The molecule has 1 aromatic heterocycles. The highest BCUT2D eigenvalue weighted by molar-refractivity contribution is 5.94. The van der Waals surface area contributed by atoms with Gasteiger partial charge in [-0.2, -0.15) is 0 Å². The van der Waals surface area contributed by atoms with Gasteiger partial charge in [0.15, 0.2) is 0 Å². The van der Waals surface area contributed by atoms with Crippen LogP contribution < -0.4 is 10.6 Å². The van der Waals surface area contributed by atoms with Crippen LogP contribution in [0.3, 0.4) is 0 Å². The molecule has 3 rings (SSSR count). The summed E-state index contributed by atoms with van der Waals surface area (Å²) in [6.45, 7) is 1.84. The molecule has 0 spiro atoms. The first-order valence-corrected chi connectivity index (χ1v) is 7.63. The van der Waals surface area contributed by atoms with Crippen molar-refractivity contribution in [3.05, 3.63) is 48.5 Å². The molecular formula is C17H17N5O2. The number of fused-ring (bicyclic) bond motifs is 1. The van der Waals surface area contributed by atoms with Crippen LogP contribution in [-0.2, 0) is 16.1 Å². The van der Waals surface area contributed by atoms with Crippen molar-refractivity contribution in [2.24, 2.45) is 0 Å². The average Bonchev–Trinajstić information content (AvgIpc) is 2.98. The molecule has 2 amide bonds. The molecule has 0 saturated carbocycles. The van der Waals surface area contributed by atoms with Gasteiger partial charge in [-0.05, 0) is 30.3 Å². The second kappa shape index (κ2) is 6.91. The minimum Gasteiger partial charge on any atom is -0.326 e. The lowest BCUT2D eigenvalue weighted by Gasteiger charge is -2.08. The van der Waals surface area contributed by atoms with Gasteiger partial charge in [-0.1, -0.05) is 30.3 Å². The van der Waals surface area contributed by atoms with E-state index in [4.69, 9.17) is 0 Å². The molecule has 2 aromatic carbocycles. The summed E-state index contributed by atoms with van der Waals surface area (Å²) >= 11 is 0. The van der Waals surface area contributed by atoms with E-state index in [1.54, 1.807) is 35.9 Å². The van der Waals surface area contributed by atoms with Crippen molar-refractivity contribution in [1.29, 1.82) is 0 Å². The van der Waals surface area contributed by atoms with Crippen LogP contribution in [0.5, 0.6) is 0 Å². The number of nitrogens with one attached hydrogen (secondary N) is 2. The first kappa shape index (κ1) is 15.7. The van der Waals surface area contributed by atoms with Crippen LogP contribution in [0.2, 0.25) is 0 Å². The van der Waals surface area contributed by atoms with Crippen molar-refractivity contribution >= 4 is 34.2 Å². The van der Waals surface area contributed by atoms with Gasteiger partial charge < -0.3 is 10.6 Å². The van der Waals surface area contributed by atoms with E-state index in [-0.39, 0.29) is 18.4 Å². The fourth-order valence-electron chi connectivity index (χ4n) is 2.29. The molecule has 2 N–H and O–H groups in total. The third-order valence-electron chi connectivity index (χ3n) is 3.46. The molecule has 7 heteroatoms. The lowest BCUT2D eigenvalue weighted by molar-refractivity contribution is -0.117. The smallest absolute Gasteiger partial charge is 0.246 e. The highest BCUT2D eigenvalue weighted by Gasteiger charge is 2.09. The van der Waals surface area contributed by atoms with E-state index in [0.717, 1.165) is 11.0 Å². The van der Waals surface area contributed by atoms with Gasteiger partial charge in [0.05, 0.1) is 5.52 Å². The molecule has 0 aliphatic heterocycles. The minimum absolute atomic E-state index is 0.0616. The van der Waals surface area contributed by atoms with Crippen molar-refractivity contribution in [2.45, 2.75) is 19.9 Å². The van der Waals surface area contributed by atoms with Crippen LogP contribution in [0.25, 0.3) is 11.0 Å². The van der Waals surface area contributed by atoms with Gasteiger partial charge in [0.2, 0.25) is 11.8 Å². The second-order valence-electron chi connectivity index (χ2n) is 5.27. The van der Waals surface area contributed by atoms with E-state index in [0.29, 0.717) is 17.8 Å². The zero-order valence-corrected chi connectivity index (χ0v) is 13.2. The highest BCUT2D eigenvalue weighted by atomic mass is 16.2. The molecule has 1 heterocycles. The number of nitrogens with zero attached hydrogens (tertiary/aromatic N) is 3. The molecule has 24 heavy (non-hydrogen) atoms. The monoisotopic (exact) mass is 323 g/mol. The summed E-state index contributed by atoms with van der Waals surface area (Å²) in [6.07, 6.45) is 0.399. The topological polar surface area (TPSA) is 88.9 Å². The zero-order chi connectivity index (χ0) is 16.9. The summed E-state index contributed by atoms with van der Waals surface area (Å²) < 4.78 is 1.55. The van der Waals surface area contributed by atoms with Crippen LogP contribution in [0.1, 0.15) is 13.3 Å². The number of aromatic nitrogens is 3. The number of carbonyl (C=O) groups excluding carboxylic acids is 2.